The summed E-state index contributed by atoms with van der Waals surface area (Å²) < 4.78 is 27.0. The van der Waals surface area contributed by atoms with E-state index in [9.17, 15) is 8.42 Å². The van der Waals surface area contributed by atoms with Crippen molar-refractivity contribution in [1.82, 2.24) is 9.71 Å². The molecule has 0 aliphatic heterocycles. The maximum absolute atomic E-state index is 12.1. The van der Waals surface area contributed by atoms with Crippen molar-refractivity contribution in [3.8, 4) is 0 Å². The zero-order chi connectivity index (χ0) is 12.7. The van der Waals surface area contributed by atoms with Crippen LogP contribution < -0.4 is 10.5 Å². The molecule has 94 valence electrons. The fourth-order valence-corrected chi connectivity index (χ4v) is 3.35. The van der Waals surface area contributed by atoms with E-state index in [0.29, 0.717) is 5.69 Å². The van der Waals surface area contributed by atoms with Gasteiger partial charge in [-0.1, -0.05) is 13.8 Å². The topological polar surface area (TPSA) is 85.1 Å². The summed E-state index contributed by atoms with van der Waals surface area (Å²) in [5.74, 6) is 0. The van der Waals surface area contributed by atoms with E-state index in [0.717, 1.165) is 6.42 Å². The summed E-state index contributed by atoms with van der Waals surface area (Å²) >= 11 is 0. The largest absolute Gasteiger partial charge is 0.325 e. The molecule has 1 heterocycles. The third-order valence-electron chi connectivity index (χ3n) is 3.14. The Hall–Kier alpha value is -0.980. The van der Waals surface area contributed by atoms with Gasteiger partial charge in [0.2, 0.25) is 10.0 Å². The lowest BCUT2D eigenvalue weighted by atomic mass is 10.2. The van der Waals surface area contributed by atoms with Gasteiger partial charge in [-0.3, -0.25) is 4.98 Å². The minimum absolute atomic E-state index is 0.0123. The smallest absolute Gasteiger partial charge is 0.242 e. The van der Waals surface area contributed by atoms with E-state index in [1.54, 1.807) is 12.3 Å². The van der Waals surface area contributed by atoms with Crippen LogP contribution in [0.25, 0.3) is 0 Å². The Balaban J connectivity index is 2.26. The maximum Gasteiger partial charge on any atom is 0.242 e. The quantitative estimate of drug-likeness (QED) is 0.825. The van der Waals surface area contributed by atoms with Crippen molar-refractivity contribution < 1.29 is 8.42 Å². The van der Waals surface area contributed by atoms with Crippen molar-refractivity contribution in [3.63, 3.8) is 0 Å². The van der Waals surface area contributed by atoms with Crippen molar-refractivity contribution in [1.29, 1.82) is 0 Å². The van der Waals surface area contributed by atoms with Crippen LogP contribution in [0.15, 0.2) is 23.2 Å². The van der Waals surface area contributed by atoms with Crippen molar-refractivity contribution in [3.05, 3.63) is 24.0 Å². The monoisotopic (exact) mass is 255 g/mol. The second-order valence-corrected chi connectivity index (χ2v) is 6.70. The lowest BCUT2D eigenvalue weighted by molar-refractivity contribution is 0.553. The average Bonchev–Trinajstić information content (AvgIpc) is 2.85. The van der Waals surface area contributed by atoms with Crippen LogP contribution in [0, 0.1) is 5.41 Å². The molecular weight excluding hydrogens is 238 g/mol. The fourth-order valence-electron chi connectivity index (χ4n) is 1.74. The van der Waals surface area contributed by atoms with Gasteiger partial charge in [0, 0.05) is 18.8 Å². The normalized spacial score (nSPS) is 22.4. The Bertz CT molecular complexity index is 525. The lowest BCUT2D eigenvalue weighted by Gasteiger charge is -2.10. The highest BCUT2D eigenvalue weighted by atomic mass is 32.2. The molecule has 1 atom stereocenters. The van der Waals surface area contributed by atoms with Gasteiger partial charge in [0.25, 0.3) is 0 Å². The molecule has 0 bridgehead atoms. The van der Waals surface area contributed by atoms with Crippen molar-refractivity contribution in [2.45, 2.75) is 37.8 Å². The van der Waals surface area contributed by atoms with Gasteiger partial charge in [-0.2, -0.15) is 0 Å². The first-order valence-corrected chi connectivity index (χ1v) is 7.01. The van der Waals surface area contributed by atoms with Gasteiger partial charge >= 0.3 is 0 Å². The maximum atomic E-state index is 12.1. The molecule has 3 N–H and O–H groups in total. The predicted molar refractivity (Wildman–Crippen MR) is 64.6 cm³/mol. The number of hydrogen-bond acceptors (Lipinski definition) is 4. The van der Waals surface area contributed by atoms with Gasteiger partial charge in [0.05, 0.1) is 5.69 Å². The van der Waals surface area contributed by atoms with Gasteiger partial charge < -0.3 is 5.73 Å². The third-order valence-corrected chi connectivity index (χ3v) is 4.69. The average molecular weight is 255 g/mol. The summed E-state index contributed by atoms with van der Waals surface area (Å²) in [7, 11) is -3.50. The fraction of sp³-hybridized carbons (Fsp3) is 0.545. The first-order valence-electron chi connectivity index (χ1n) is 5.53. The van der Waals surface area contributed by atoms with Crippen LogP contribution in [0.1, 0.15) is 26.0 Å². The number of aromatic nitrogens is 1. The number of hydrogen-bond donors (Lipinski definition) is 2. The van der Waals surface area contributed by atoms with Crippen molar-refractivity contribution in [2.75, 3.05) is 0 Å². The van der Waals surface area contributed by atoms with Crippen molar-refractivity contribution in [2.24, 2.45) is 11.1 Å². The lowest BCUT2D eigenvalue weighted by Crippen LogP contribution is -2.29. The predicted octanol–water partition coefficient (Wildman–Crippen LogP) is 0.617. The second kappa shape index (κ2) is 4.04. The highest BCUT2D eigenvalue weighted by Crippen LogP contribution is 2.45. The molecule has 0 spiro atoms. The van der Waals surface area contributed by atoms with E-state index in [4.69, 9.17) is 5.73 Å². The molecule has 0 saturated heterocycles. The Morgan fingerprint density at radius 2 is 2.24 bits per heavy atom. The molecule has 0 aromatic carbocycles. The Morgan fingerprint density at radius 3 is 2.76 bits per heavy atom. The third kappa shape index (κ3) is 2.48. The highest BCUT2D eigenvalue weighted by molar-refractivity contribution is 7.89. The van der Waals surface area contributed by atoms with Crippen LogP contribution in [-0.2, 0) is 16.6 Å². The number of rotatable bonds is 4. The first kappa shape index (κ1) is 12.5. The zero-order valence-electron chi connectivity index (χ0n) is 9.97. The van der Waals surface area contributed by atoms with Crippen LogP contribution in [0.4, 0.5) is 0 Å². The van der Waals surface area contributed by atoms with Gasteiger partial charge in [0.1, 0.15) is 4.90 Å². The molecule has 5 nitrogen and oxygen atoms in total. The summed E-state index contributed by atoms with van der Waals surface area (Å²) in [6.07, 6.45) is 2.41. The van der Waals surface area contributed by atoms with Gasteiger partial charge in [-0.05, 0) is 24.0 Å². The summed E-state index contributed by atoms with van der Waals surface area (Å²) in [5.41, 5.74) is 5.95. The van der Waals surface area contributed by atoms with Crippen LogP contribution in [0.3, 0.4) is 0 Å². The summed E-state index contributed by atoms with van der Waals surface area (Å²) in [4.78, 5) is 4.17. The number of sulfonamides is 1. The van der Waals surface area contributed by atoms with Crippen LogP contribution in [-0.4, -0.2) is 19.4 Å². The molecule has 1 unspecified atom stereocenters. The zero-order valence-corrected chi connectivity index (χ0v) is 10.8. The summed E-state index contributed by atoms with van der Waals surface area (Å²) in [6, 6.07) is 3.15. The van der Waals surface area contributed by atoms with E-state index < -0.39 is 10.0 Å². The van der Waals surface area contributed by atoms with Gasteiger partial charge in [-0.25, -0.2) is 13.1 Å². The van der Waals surface area contributed by atoms with E-state index in [-0.39, 0.29) is 22.9 Å². The van der Waals surface area contributed by atoms with E-state index in [2.05, 4.69) is 9.71 Å². The SMILES string of the molecule is CC1(C)CC1NS(=O)(=O)c1cccnc1CN. The molecule has 0 amide bonds. The standard InChI is InChI=1S/C11H17N3O2S/c1-11(2)6-10(11)14-17(15,16)9-4-3-5-13-8(9)7-12/h3-5,10,14H,6-7,12H2,1-2H3. The van der Waals surface area contributed by atoms with Crippen LogP contribution >= 0.6 is 0 Å². The molecule has 6 heteroatoms. The van der Waals surface area contributed by atoms with E-state index in [1.165, 1.54) is 6.07 Å². The number of pyridine rings is 1. The Labute approximate surface area is 101 Å². The molecule has 0 radical (unpaired) electrons. The summed E-state index contributed by atoms with van der Waals surface area (Å²) in [6.45, 7) is 4.19. The number of nitrogens with two attached hydrogens (primary N) is 1. The van der Waals surface area contributed by atoms with Crippen LogP contribution in [0.5, 0.6) is 0 Å². The molecule has 1 aliphatic rings. The molecule has 1 aliphatic carbocycles. The number of nitrogens with one attached hydrogen (secondary N) is 1. The second-order valence-electron chi connectivity index (χ2n) is 5.02. The van der Waals surface area contributed by atoms with E-state index >= 15 is 0 Å². The Morgan fingerprint density at radius 1 is 1.59 bits per heavy atom. The first-order chi connectivity index (χ1) is 7.87. The van der Waals surface area contributed by atoms with Crippen molar-refractivity contribution >= 4 is 10.0 Å². The van der Waals surface area contributed by atoms with E-state index in [1.807, 2.05) is 13.8 Å². The molecule has 17 heavy (non-hydrogen) atoms. The van der Waals surface area contributed by atoms with Gasteiger partial charge in [0.15, 0.2) is 0 Å². The van der Waals surface area contributed by atoms with Crippen LogP contribution in [0.2, 0.25) is 0 Å². The van der Waals surface area contributed by atoms with Gasteiger partial charge in [-0.15, -0.1) is 0 Å². The molecule has 1 aromatic rings. The molecule has 2 rings (SSSR count). The molecular formula is C11H17N3O2S. The number of nitrogens with zero attached hydrogens (tertiary/aromatic N) is 1. The molecule has 1 aromatic heterocycles. The molecule has 1 fully saturated rings. The minimum Gasteiger partial charge on any atom is -0.325 e. The minimum atomic E-state index is -3.50. The highest BCUT2D eigenvalue weighted by Gasteiger charge is 2.48. The Kier molecular flexibility index (Phi) is 2.97. The molecule has 1 saturated carbocycles. The summed E-state index contributed by atoms with van der Waals surface area (Å²) in [5, 5.41) is 0.